The Labute approximate surface area is 160 Å². The summed E-state index contributed by atoms with van der Waals surface area (Å²) in [5.74, 6) is 0.482. The summed E-state index contributed by atoms with van der Waals surface area (Å²) in [7, 11) is 0. The van der Waals surface area contributed by atoms with Gasteiger partial charge in [0.2, 0.25) is 0 Å². The van der Waals surface area contributed by atoms with E-state index >= 15 is 0 Å². The Morgan fingerprint density at radius 2 is 1.11 bits per heavy atom. The van der Waals surface area contributed by atoms with Crippen molar-refractivity contribution >= 4 is 32.3 Å². The molecule has 27 heavy (non-hydrogen) atoms. The maximum Gasteiger partial charge on any atom is -0.00237 e. The van der Waals surface area contributed by atoms with E-state index in [0.29, 0.717) is 5.92 Å². The smallest absolute Gasteiger partial charge is 0.00237 e. The zero-order chi connectivity index (χ0) is 18.4. The van der Waals surface area contributed by atoms with Crippen LogP contribution in [0.3, 0.4) is 0 Å². The average Bonchev–Trinajstić information content (AvgIpc) is 2.70. The van der Waals surface area contributed by atoms with Gasteiger partial charge in [-0.25, -0.2) is 0 Å². The van der Waals surface area contributed by atoms with Gasteiger partial charge >= 0.3 is 0 Å². The predicted octanol–water partition coefficient (Wildman–Crippen LogP) is 7.94. The Hall–Kier alpha value is -3.12. The predicted molar refractivity (Wildman–Crippen MR) is 118 cm³/mol. The summed E-state index contributed by atoms with van der Waals surface area (Å²) >= 11 is 0. The Kier molecular flexibility index (Phi) is 3.72. The molecule has 0 spiro atoms. The molecule has 0 amide bonds. The molecule has 0 bridgehead atoms. The van der Waals surface area contributed by atoms with Crippen molar-refractivity contribution in [3.63, 3.8) is 0 Å². The van der Waals surface area contributed by atoms with Gasteiger partial charge in [0.05, 0.1) is 0 Å². The molecular formula is C27H22. The zero-order valence-corrected chi connectivity index (χ0v) is 15.7. The van der Waals surface area contributed by atoms with E-state index in [1.165, 1.54) is 49.0 Å². The number of benzene rings is 5. The van der Waals surface area contributed by atoms with Crippen LogP contribution in [0.25, 0.3) is 43.4 Å². The largest absolute Gasteiger partial charge is 0.0619 e. The van der Waals surface area contributed by atoms with Crippen LogP contribution in [0.15, 0.2) is 91.0 Å². The molecule has 5 aromatic carbocycles. The van der Waals surface area contributed by atoms with Crippen molar-refractivity contribution in [1.29, 1.82) is 0 Å². The lowest BCUT2D eigenvalue weighted by atomic mass is 9.86. The number of hydrogen-bond acceptors (Lipinski definition) is 0. The van der Waals surface area contributed by atoms with Crippen molar-refractivity contribution in [3.05, 3.63) is 96.6 Å². The third-order valence-corrected chi connectivity index (χ3v) is 5.58. The highest BCUT2D eigenvalue weighted by Crippen LogP contribution is 2.40. The summed E-state index contributed by atoms with van der Waals surface area (Å²) in [6, 6.07) is 33.3. The number of hydrogen-bond donors (Lipinski definition) is 0. The van der Waals surface area contributed by atoms with E-state index in [0.717, 1.165) is 0 Å². The van der Waals surface area contributed by atoms with Gasteiger partial charge in [-0.15, -0.1) is 0 Å². The van der Waals surface area contributed by atoms with Gasteiger partial charge in [0, 0.05) is 0 Å². The number of fused-ring (bicyclic) bond motifs is 3. The first kappa shape index (κ1) is 16.1. The van der Waals surface area contributed by atoms with Crippen LogP contribution in [0.5, 0.6) is 0 Å². The lowest BCUT2D eigenvalue weighted by molar-refractivity contribution is 0.869. The lowest BCUT2D eigenvalue weighted by Crippen LogP contribution is -1.94. The van der Waals surface area contributed by atoms with Crippen LogP contribution in [0, 0.1) is 0 Å². The second-order valence-electron chi connectivity index (χ2n) is 7.64. The van der Waals surface area contributed by atoms with Crippen LogP contribution in [-0.4, -0.2) is 0 Å². The molecule has 130 valence electrons. The van der Waals surface area contributed by atoms with E-state index in [2.05, 4.69) is 105 Å². The third-order valence-electron chi connectivity index (χ3n) is 5.58. The second-order valence-corrected chi connectivity index (χ2v) is 7.64. The molecule has 0 saturated heterocycles. The van der Waals surface area contributed by atoms with Crippen molar-refractivity contribution in [3.8, 4) is 11.1 Å². The molecule has 5 aromatic rings. The fraction of sp³-hybridized carbons (Fsp3) is 0.111. The van der Waals surface area contributed by atoms with E-state index in [1.54, 1.807) is 0 Å². The maximum atomic E-state index is 2.36. The summed E-state index contributed by atoms with van der Waals surface area (Å²) in [6.45, 7) is 4.56. The standard InChI is InChI=1S/C27H22/c1-18(2)23-12-7-8-14-25(23)27-24-13-6-5-11-21(24)16-22-15-19-9-3-4-10-20(19)17-26(22)27/h3-18H,1-2H3. The molecule has 0 unspecified atom stereocenters. The topological polar surface area (TPSA) is 0 Å². The molecule has 0 N–H and O–H groups in total. The Balaban J connectivity index is 2.00. The Bertz CT molecular complexity index is 1290. The highest BCUT2D eigenvalue weighted by atomic mass is 14.2. The van der Waals surface area contributed by atoms with Crippen LogP contribution in [0.1, 0.15) is 25.3 Å². The Morgan fingerprint density at radius 1 is 0.519 bits per heavy atom. The van der Waals surface area contributed by atoms with Gasteiger partial charge in [0.15, 0.2) is 0 Å². The van der Waals surface area contributed by atoms with Gasteiger partial charge in [-0.1, -0.05) is 86.6 Å². The van der Waals surface area contributed by atoms with Crippen molar-refractivity contribution in [2.75, 3.05) is 0 Å². The second kappa shape index (κ2) is 6.25. The summed E-state index contributed by atoms with van der Waals surface area (Å²) in [6.07, 6.45) is 0. The first-order valence-electron chi connectivity index (χ1n) is 9.66. The van der Waals surface area contributed by atoms with Crippen molar-refractivity contribution < 1.29 is 0 Å². The van der Waals surface area contributed by atoms with Gasteiger partial charge in [-0.05, 0) is 73.1 Å². The summed E-state index contributed by atoms with van der Waals surface area (Å²) in [5.41, 5.74) is 4.12. The Morgan fingerprint density at radius 3 is 1.89 bits per heavy atom. The van der Waals surface area contributed by atoms with Crippen LogP contribution in [-0.2, 0) is 0 Å². The maximum absolute atomic E-state index is 2.36. The van der Waals surface area contributed by atoms with Crippen molar-refractivity contribution in [1.82, 2.24) is 0 Å². The highest BCUT2D eigenvalue weighted by molar-refractivity contribution is 6.16. The molecule has 0 aliphatic carbocycles. The van der Waals surface area contributed by atoms with Crippen LogP contribution in [0.2, 0.25) is 0 Å². The first-order chi connectivity index (χ1) is 13.2. The van der Waals surface area contributed by atoms with E-state index in [4.69, 9.17) is 0 Å². The fourth-order valence-electron chi connectivity index (χ4n) is 4.28. The van der Waals surface area contributed by atoms with Gasteiger partial charge in [-0.3, -0.25) is 0 Å². The molecule has 0 fully saturated rings. The minimum absolute atomic E-state index is 0.482. The minimum Gasteiger partial charge on any atom is -0.0619 e. The lowest BCUT2D eigenvalue weighted by Gasteiger charge is -2.18. The minimum atomic E-state index is 0.482. The molecule has 5 rings (SSSR count). The van der Waals surface area contributed by atoms with Gasteiger partial charge in [-0.2, -0.15) is 0 Å². The molecule has 0 heteroatoms. The molecule has 0 radical (unpaired) electrons. The molecule has 0 aliphatic rings. The molecule has 0 aromatic heterocycles. The van der Waals surface area contributed by atoms with E-state index in [9.17, 15) is 0 Å². The monoisotopic (exact) mass is 346 g/mol. The molecule has 0 heterocycles. The fourth-order valence-corrected chi connectivity index (χ4v) is 4.28. The van der Waals surface area contributed by atoms with E-state index < -0.39 is 0 Å². The third kappa shape index (κ3) is 2.61. The van der Waals surface area contributed by atoms with E-state index in [1.807, 2.05) is 0 Å². The first-order valence-corrected chi connectivity index (χ1v) is 9.66. The van der Waals surface area contributed by atoms with Crippen LogP contribution in [0.4, 0.5) is 0 Å². The average molecular weight is 346 g/mol. The molecular weight excluding hydrogens is 324 g/mol. The van der Waals surface area contributed by atoms with Crippen molar-refractivity contribution in [2.24, 2.45) is 0 Å². The summed E-state index contributed by atoms with van der Waals surface area (Å²) in [5, 5.41) is 7.86. The van der Waals surface area contributed by atoms with Gasteiger partial charge in [0.25, 0.3) is 0 Å². The molecule has 0 saturated carbocycles. The molecule has 0 aliphatic heterocycles. The number of rotatable bonds is 2. The van der Waals surface area contributed by atoms with Crippen LogP contribution < -0.4 is 0 Å². The molecule has 0 nitrogen and oxygen atoms in total. The van der Waals surface area contributed by atoms with Gasteiger partial charge in [0.1, 0.15) is 0 Å². The van der Waals surface area contributed by atoms with Gasteiger partial charge < -0.3 is 0 Å². The quantitative estimate of drug-likeness (QED) is 0.285. The van der Waals surface area contributed by atoms with Crippen LogP contribution >= 0.6 is 0 Å². The summed E-state index contributed by atoms with van der Waals surface area (Å²) < 4.78 is 0. The summed E-state index contributed by atoms with van der Waals surface area (Å²) in [4.78, 5) is 0. The molecule has 0 atom stereocenters. The SMILES string of the molecule is CC(C)c1ccccc1-c1c2ccccc2cc2cc3ccccc3cc12. The highest BCUT2D eigenvalue weighted by Gasteiger charge is 2.15. The normalized spacial score (nSPS) is 11.7. The van der Waals surface area contributed by atoms with E-state index in [-0.39, 0.29) is 0 Å². The van der Waals surface area contributed by atoms with Crippen molar-refractivity contribution in [2.45, 2.75) is 19.8 Å². The zero-order valence-electron chi connectivity index (χ0n) is 15.7.